The van der Waals surface area contributed by atoms with Crippen LogP contribution >= 0.6 is 0 Å². The molecule has 7 heteroatoms. The lowest BCUT2D eigenvalue weighted by molar-refractivity contribution is 0.0992. The first-order chi connectivity index (χ1) is 18.7. The monoisotopic (exact) mass is 538 g/mol. The predicted octanol–water partition coefficient (Wildman–Crippen LogP) is 8.14. The van der Waals surface area contributed by atoms with Gasteiger partial charge in [-0.15, -0.1) is 6.58 Å². The van der Waals surface area contributed by atoms with Crippen molar-refractivity contribution in [2.45, 2.75) is 38.7 Å². The maximum absolute atomic E-state index is 15.0. The van der Waals surface area contributed by atoms with Gasteiger partial charge in [-0.25, -0.2) is 13.2 Å². The second kappa shape index (κ2) is 12.4. The van der Waals surface area contributed by atoms with Gasteiger partial charge in [0.05, 0.1) is 12.7 Å². The van der Waals surface area contributed by atoms with Gasteiger partial charge in [0.1, 0.15) is 5.83 Å². The molecular weight excluding hydrogens is 508 g/mol. The molecule has 0 saturated heterocycles. The standard InChI is InChI=1S/C32H30F4O3/c1-3-4-17-39-28-16-15-26(31(35)32(28)36)22-9-11-23(12-10-22)27(38)18-24-13-14-25(30(34)29(24)33)21-7-5-20(6-8-21)19(2)37/h3,5-7,9-13,15-16,19,21,25,37H,1,4,8,14,17-18H2,2H3. The summed E-state index contributed by atoms with van der Waals surface area (Å²) in [5.74, 6) is -5.58. The van der Waals surface area contributed by atoms with Crippen molar-refractivity contribution in [3.63, 3.8) is 0 Å². The molecule has 4 rings (SSSR count). The summed E-state index contributed by atoms with van der Waals surface area (Å²) in [4.78, 5) is 12.8. The number of ether oxygens (including phenoxy) is 1. The van der Waals surface area contributed by atoms with Crippen LogP contribution in [0.4, 0.5) is 17.6 Å². The number of allylic oxidation sites excluding steroid dienone is 6. The average molecular weight is 539 g/mol. The van der Waals surface area contributed by atoms with Crippen molar-refractivity contribution in [2.24, 2.45) is 11.8 Å². The van der Waals surface area contributed by atoms with E-state index in [1.165, 1.54) is 36.4 Å². The molecular formula is C32H30F4O3. The normalized spacial score (nSPS) is 19.8. The van der Waals surface area contributed by atoms with Gasteiger partial charge in [-0.3, -0.25) is 4.79 Å². The Hall–Kier alpha value is -3.71. The maximum Gasteiger partial charge on any atom is 0.201 e. The largest absolute Gasteiger partial charge is 0.490 e. The van der Waals surface area contributed by atoms with E-state index in [1.54, 1.807) is 31.2 Å². The highest BCUT2D eigenvalue weighted by Gasteiger charge is 2.32. The lowest BCUT2D eigenvalue weighted by atomic mass is 9.78. The van der Waals surface area contributed by atoms with Gasteiger partial charge in [-0.1, -0.05) is 54.6 Å². The van der Waals surface area contributed by atoms with Gasteiger partial charge < -0.3 is 9.84 Å². The van der Waals surface area contributed by atoms with Crippen LogP contribution in [0, 0.1) is 23.5 Å². The van der Waals surface area contributed by atoms with Gasteiger partial charge in [0, 0.05) is 23.5 Å². The second-order valence-electron chi connectivity index (χ2n) is 9.71. The zero-order valence-electron chi connectivity index (χ0n) is 21.6. The highest BCUT2D eigenvalue weighted by Crippen LogP contribution is 2.41. The number of aliphatic hydroxyl groups excluding tert-OH is 1. The Morgan fingerprint density at radius 3 is 2.46 bits per heavy atom. The van der Waals surface area contributed by atoms with Crippen molar-refractivity contribution in [3.8, 4) is 16.9 Å². The molecule has 0 bridgehead atoms. The van der Waals surface area contributed by atoms with Crippen molar-refractivity contribution in [3.05, 3.63) is 113 Å². The highest BCUT2D eigenvalue weighted by molar-refractivity contribution is 5.98. The fourth-order valence-electron chi connectivity index (χ4n) is 4.78. The maximum atomic E-state index is 15.0. The molecule has 0 aliphatic heterocycles. The van der Waals surface area contributed by atoms with Crippen molar-refractivity contribution in [1.82, 2.24) is 0 Å². The summed E-state index contributed by atoms with van der Waals surface area (Å²) in [7, 11) is 0. The van der Waals surface area contributed by atoms with E-state index >= 15 is 0 Å². The lowest BCUT2D eigenvalue weighted by Crippen LogP contribution is -2.20. The summed E-state index contributed by atoms with van der Waals surface area (Å²) >= 11 is 0. The third-order valence-electron chi connectivity index (χ3n) is 7.09. The molecule has 3 nitrogen and oxygen atoms in total. The molecule has 0 spiro atoms. The smallest absolute Gasteiger partial charge is 0.201 e. The third kappa shape index (κ3) is 6.31. The van der Waals surface area contributed by atoms with Crippen LogP contribution in [-0.2, 0) is 0 Å². The van der Waals surface area contributed by atoms with Crippen molar-refractivity contribution >= 4 is 5.78 Å². The van der Waals surface area contributed by atoms with E-state index in [-0.39, 0.29) is 47.8 Å². The topological polar surface area (TPSA) is 46.5 Å². The highest BCUT2D eigenvalue weighted by atomic mass is 19.2. The van der Waals surface area contributed by atoms with Crippen molar-refractivity contribution < 1.29 is 32.2 Å². The Morgan fingerprint density at radius 1 is 1.08 bits per heavy atom. The minimum absolute atomic E-state index is 0.00187. The van der Waals surface area contributed by atoms with Crippen molar-refractivity contribution in [1.29, 1.82) is 0 Å². The molecule has 0 fully saturated rings. The van der Waals surface area contributed by atoms with E-state index in [0.29, 0.717) is 18.4 Å². The molecule has 0 aromatic heterocycles. The molecule has 39 heavy (non-hydrogen) atoms. The van der Waals surface area contributed by atoms with Gasteiger partial charge in [-0.2, -0.15) is 4.39 Å². The second-order valence-corrected chi connectivity index (χ2v) is 9.71. The van der Waals surface area contributed by atoms with Crippen LogP contribution < -0.4 is 4.74 Å². The molecule has 1 N–H and O–H groups in total. The van der Waals surface area contributed by atoms with Gasteiger partial charge in [-0.05, 0) is 60.9 Å². The van der Waals surface area contributed by atoms with Crippen LogP contribution in [-0.4, -0.2) is 23.6 Å². The summed E-state index contributed by atoms with van der Waals surface area (Å²) in [5, 5.41) is 9.68. The summed E-state index contributed by atoms with van der Waals surface area (Å²) in [6.07, 6.45) is 8.83. The average Bonchev–Trinajstić information content (AvgIpc) is 2.94. The van der Waals surface area contributed by atoms with E-state index < -0.39 is 41.1 Å². The Morgan fingerprint density at radius 2 is 1.82 bits per heavy atom. The minimum Gasteiger partial charge on any atom is -0.490 e. The van der Waals surface area contributed by atoms with Crippen LogP contribution in [0.15, 0.2) is 96.2 Å². The van der Waals surface area contributed by atoms with Gasteiger partial charge in [0.25, 0.3) is 0 Å². The van der Waals surface area contributed by atoms with Gasteiger partial charge in [0.15, 0.2) is 23.2 Å². The molecule has 0 saturated carbocycles. The fraction of sp³-hybridized carbons (Fsp3) is 0.281. The Kier molecular flexibility index (Phi) is 9.02. The first kappa shape index (κ1) is 28.3. The molecule has 0 amide bonds. The first-order valence-electron chi connectivity index (χ1n) is 12.9. The summed E-state index contributed by atoms with van der Waals surface area (Å²) in [6, 6.07) is 8.60. The number of Topliss-reactive ketones (excluding diaryl/α,β-unsaturated/α-hetero) is 1. The zero-order valence-corrected chi connectivity index (χ0v) is 21.6. The number of hydrogen-bond acceptors (Lipinski definition) is 3. The summed E-state index contributed by atoms with van der Waals surface area (Å²) < 4.78 is 64.3. The Labute approximate surface area is 225 Å². The van der Waals surface area contributed by atoms with Crippen LogP contribution in [0.25, 0.3) is 11.1 Å². The SMILES string of the molecule is C=CCCOc1ccc(-c2ccc(C(=O)CC3=CCC(C4C=CC(C(C)O)=CC4)C(F)=C3F)cc2)c(F)c1F. The number of hydrogen-bond donors (Lipinski definition) is 1. The Bertz CT molecular complexity index is 1370. The number of ketones is 1. The molecule has 3 unspecified atom stereocenters. The van der Waals surface area contributed by atoms with Crippen LogP contribution in [0.2, 0.25) is 0 Å². The van der Waals surface area contributed by atoms with E-state index in [4.69, 9.17) is 4.74 Å². The van der Waals surface area contributed by atoms with Gasteiger partial charge in [0.2, 0.25) is 5.82 Å². The first-order valence-corrected chi connectivity index (χ1v) is 12.9. The third-order valence-corrected chi connectivity index (χ3v) is 7.09. The van der Waals surface area contributed by atoms with E-state index in [0.717, 1.165) is 5.57 Å². The number of rotatable bonds is 10. The molecule has 2 aliphatic rings. The van der Waals surface area contributed by atoms with Gasteiger partial charge >= 0.3 is 0 Å². The molecule has 2 aromatic rings. The predicted molar refractivity (Wildman–Crippen MR) is 143 cm³/mol. The number of halogens is 4. The van der Waals surface area contributed by atoms with E-state index in [1.807, 2.05) is 6.08 Å². The number of carbonyl (C=O) groups is 1. The van der Waals surface area contributed by atoms with Crippen molar-refractivity contribution in [2.75, 3.05) is 6.61 Å². The number of aliphatic hydroxyl groups is 1. The van der Waals surface area contributed by atoms with Crippen LogP contribution in [0.5, 0.6) is 5.75 Å². The quantitative estimate of drug-likeness (QED) is 0.144. The molecule has 2 aliphatic carbocycles. The molecule has 3 atom stereocenters. The lowest BCUT2D eigenvalue weighted by Gasteiger charge is -2.28. The minimum atomic E-state index is -1.10. The van der Waals surface area contributed by atoms with Crippen LogP contribution in [0.3, 0.4) is 0 Å². The van der Waals surface area contributed by atoms with E-state index in [9.17, 15) is 27.5 Å². The summed E-state index contributed by atoms with van der Waals surface area (Å²) in [6.45, 7) is 5.37. The molecule has 2 aromatic carbocycles. The fourth-order valence-corrected chi connectivity index (χ4v) is 4.78. The number of carbonyl (C=O) groups excluding carboxylic acids is 1. The zero-order chi connectivity index (χ0) is 28.1. The molecule has 0 radical (unpaired) electrons. The Balaban J connectivity index is 1.42. The van der Waals surface area contributed by atoms with Crippen LogP contribution in [0.1, 0.15) is 43.0 Å². The van der Waals surface area contributed by atoms with E-state index in [2.05, 4.69) is 6.58 Å². The summed E-state index contributed by atoms with van der Waals surface area (Å²) in [5.41, 5.74) is 1.35. The molecule has 204 valence electrons. The number of benzene rings is 2. The molecule has 0 heterocycles.